The van der Waals surface area contributed by atoms with Crippen LogP contribution >= 0.6 is 0 Å². The summed E-state index contributed by atoms with van der Waals surface area (Å²) in [5.41, 5.74) is 2.04. The standard InChI is InChI=1S/C24H24FNO5/c1-29-20-11-14(12-21(30-2)24(20)31-3)15-13-22(28)26(17-8-5-4-7-16(17)25)18-9-6-10-19(27)23(15)18/h4-5,7-8,11-12,15H,6,9-10,13H2,1-3H3. The van der Waals surface area contributed by atoms with Crippen LogP contribution in [-0.4, -0.2) is 33.0 Å². The van der Waals surface area contributed by atoms with Gasteiger partial charge in [-0.2, -0.15) is 0 Å². The molecule has 0 bridgehead atoms. The summed E-state index contributed by atoms with van der Waals surface area (Å²) in [5.74, 6) is 0.107. The fourth-order valence-corrected chi connectivity index (χ4v) is 4.49. The lowest BCUT2D eigenvalue weighted by atomic mass is 9.77. The number of Topliss-reactive ketones (excluding diaryl/α,β-unsaturated/α-hetero) is 1. The number of hydrogen-bond acceptors (Lipinski definition) is 5. The molecule has 0 saturated carbocycles. The maximum absolute atomic E-state index is 14.6. The number of rotatable bonds is 5. The maximum Gasteiger partial charge on any atom is 0.232 e. The predicted molar refractivity (Wildman–Crippen MR) is 113 cm³/mol. The number of carbonyl (C=O) groups excluding carboxylic acids is 2. The zero-order chi connectivity index (χ0) is 22.1. The molecule has 1 aliphatic carbocycles. The van der Waals surface area contributed by atoms with Crippen LogP contribution in [0.25, 0.3) is 0 Å². The van der Waals surface area contributed by atoms with Crippen LogP contribution in [0, 0.1) is 5.82 Å². The molecule has 0 aromatic heterocycles. The lowest BCUT2D eigenvalue weighted by Crippen LogP contribution is -2.41. The average Bonchev–Trinajstić information content (AvgIpc) is 2.78. The Bertz CT molecular complexity index is 1050. The number of para-hydroxylation sites is 1. The first kappa shape index (κ1) is 20.9. The van der Waals surface area contributed by atoms with E-state index in [0.717, 1.165) is 5.56 Å². The van der Waals surface area contributed by atoms with E-state index in [1.807, 2.05) is 0 Å². The molecule has 6 nitrogen and oxygen atoms in total. The van der Waals surface area contributed by atoms with Crippen LogP contribution in [0.4, 0.5) is 10.1 Å². The number of halogens is 1. The number of carbonyl (C=O) groups is 2. The van der Waals surface area contributed by atoms with Gasteiger partial charge in [0.05, 0.1) is 27.0 Å². The maximum atomic E-state index is 14.6. The summed E-state index contributed by atoms with van der Waals surface area (Å²) in [6, 6.07) is 9.68. The summed E-state index contributed by atoms with van der Waals surface area (Å²) < 4.78 is 30.9. The van der Waals surface area contributed by atoms with Gasteiger partial charge in [-0.3, -0.25) is 14.5 Å². The third-order valence-electron chi connectivity index (χ3n) is 5.86. The molecule has 0 spiro atoms. The Morgan fingerprint density at radius 3 is 2.26 bits per heavy atom. The van der Waals surface area contributed by atoms with Crippen LogP contribution in [0.15, 0.2) is 47.7 Å². The second kappa shape index (κ2) is 8.41. The van der Waals surface area contributed by atoms with E-state index in [0.29, 0.717) is 47.8 Å². The molecule has 2 aromatic rings. The van der Waals surface area contributed by atoms with Gasteiger partial charge in [0.2, 0.25) is 11.7 Å². The topological polar surface area (TPSA) is 65.1 Å². The van der Waals surface area contributed by atoms with Crippen LogP contribution in [-0.2, 0) is 9.59 Å². The van der Waals surface area contributed by atoms with Gasteiger partial charge in [-0.25, -0.2) is 4.39 Å². The molecular formula is C24H24FNO5. The van der Waals surface area contributed by atoms with Crippen molar-refractivity contribution in [2.45, 2.75) is 31.6 Å². The van der Waals surface area contributed by atoms with E-state index >= 15 is 0 Å². The molecule has 4 rings (SSSR count). The Balaban J connectivity index is 1.89. The van der Waals surface area contributed by atoms with E-state index < -0.39 is 11.7 Å². The van der Waals surface area contributed by atoms with E-state index in [9.17, 15) is 14.0 Å². The number of amides is 1. The lowest BCUT2D eigenvalue weighted by Gasteiger charge is -2.38. The van der Waals surface area contributed by atoms with Gasteiger partial charge in [0.15, 0.2) is 17.3 Å². The normalized spacial score (nSPS) is 18.7. The minimum atomic E-state index is -0.494. The molecule has 31 heavy (non-hydrogen) atoms. The van der Waals surface area contributed by atoms with Gasteiger partial charge in [0.1, 0.15) is 5.82 Å². The highest BCUT2D eigenvalue weighted by Gasteiger charge is 2.41. The Morgan fingerprint density at radius 1 is 0.968 bits per heavy atom. The van der Waals surface area contributed by atoms with Crippen molar-refractivity contribution in [1.29, 1.82) is 0 Å². The lowest BCUT2D eigenvalue weighted by molar-refractivity contribution is -0.120. The molecule has 1 amide bonds. The molecule has 1 heterocycles. The van der Waals surface area contributed by atoms with Crippen molar-refractivity contribution in [2.75, 3.05) is 26.2 Å². The fraction of sp³-hybridized carbons (Fsp3) is 0.333. The van der Waals surface area contributed by atoms with Gasteiger partial charge in [0, 0.05) is 30.0 Å². The first-order valence-corrected chi connectivity index (χ1v) is 10.1. The van der Waals surface area contributed by atoms with E-state index in [1.54, 1.807) is 30.3 Å². The van der Waals surface area contributed by atoms with Crippen molar-refractivity contribution < 1.29 is 28.2 Å². The Labute approximate surface area is 180 Å². The highest BCUT2D eigenvalue weighted by molar-refractivity contribution is 6.07. The highest BCUT2D eigenvalue weighted by Crippen LogP contribution is 2.47. The van der Waals surface area contributed by atoms with Crippen LogP contribution < -0.4 is 19.1 Å². The SMILES string of the molecule is COc1cc(C2CC(=O)N(c3ccccc3F)C3=C2C(=O)CCC3)cc(OC)c1OC. The molecule has 7 heteroatoms. The third kappa shape index (κ3) is 3.54. The zero-order valence-corrected chi connectivity index (χ0v) is 17.7. The smallest absolute Gasteiger partial charge is 0.232 e. The largest absolute Gasteiger partial charge is 0.493 e. The van der Waals surface area contributed by atoms with Crippen LogP contribution in [0.5, 0.6) is 17.2 Å². The van der Waals surface area contributed by atoms with Gasteiger partial charge >= 0.3 is 0 Å². The van der Waals surface area contributed by atoms with Crippen LogP contribution in [0.1, 0.15) is 37.2 Å². The van der Waals surface area contributed by atoms with E-state index in [1.165, 1.54) is 32.3 Å². The van der Waals surface area contributed by atoms with Crippen molar-refractivity contribution in [3.63, 3.8) is 0 Å². The summed E-state index contributed by atoms with van der Waals surface area (Å²) in [7, 11) is 4.55. The number of allylic oxidation sites excluding steroid dienone is 2. The van der Waals surface area contributed by atoms with Crippen molar-refractivity contribution in [3.8, 4) is 17.2 Å². The minimum Gasteiger partial charge on any atom is -0.493 e. The molecule has 2 aliphatic rings. The first-order chi connectivity index (χ1) is 15.0. The molecule has 1 atom stereocenters. The summed E-state index contributed by atoms with van der Waals surface area (Å²) in [5, 5.41) is 0. The average molecular weight is 425 g/mol. The van der Waals surface area contributed by atoms with Gasteiger partial charge in [-0.05, 0) is 42.7 Å². The summed E-state index contributed by atoms with van der Waals surface area (Å²) in [6.45, 7) is 0. The van der Waals surface area contributed by atoms with Crippen LogP contribution in [0.2, 0.25) is 0 Å². The van der Waals surface area contributed by atoms with Crippen molar-refractivity contribution in [1.82, 2.24) is 0 Å². The second-order valence-corrected chi connectivity index (χ2v) is 7.53. The molecule has 162 valence electrons. The summed E-state index contributed by atoms with van der Waals surface area (Å²) in [6.07, 6.45) is 1.59. The van der Waals surface area contributed by atoms with Gasteiger partial charge in [0.25, 0.3) is 0 Å². The molecular weight excluding hydrogens is 401 g/mol. The predicted octanol–water partition coefficient (Wildman–Crippen LogP) is 4.38. The first-order valence-electron chi connectivity index (χ1n) is 10.1. The van der Waals surface area contributed by atoms with Gasteiger partial charge in [-0.1, -0.05) is 12.1 Å². The molecule has 0 radical (unpaired) electrons. The van der Waals surface area contributed by atoms with E-state index in [4.69, 9.17) is 14.2 Å². The summed E-state index contributed by atoms with van der Waals surface area (Å²) >= 11 is 0. The van der Waals surface area contributed by atoms with E-state index in [2.05, 4.69) is 0 Å². The number of methoxy groups -OCH3 is 3. The van der Waals surface area contributed by atoms with Crippen molar-refractivity contribution in [3.05, 3.63) is 59.0 Å². The number of hydrogen-bond donors (Lipinski definition) is 0. The Kier molecular flexibility index (Phi) is 5.67. The van der Waals surface area contributed by atoms with Gasteiger partial charge in [-0.15, -0.1) is 0 Å². The number of anilines is 1. The minimum absolute atomic E-state index is 0.0196. The molecule has 0 fully saturated rings. The monoisotopic (exact) mass is 425 g/mol. The third-order valence-corrected chi connectivity index (χ3v) is 5.86. The molecule has 2 aromatic carbocycles. The number of benzene rings is 2. The Morgan fingerprint density at radius 2 is 1.65 bits per heavy atom. The number of ether oxygens (including phenoxy) is 3. The summed E-state index contributed by atoms with van der Waals surface area (Å²) in [4.78, 5) is 27.7. The molecule has 1 unspecified atom stereocenters. The van der Waals surface area contributed by atoms with Gasteiger partial charge < -0.3 is 14.2 Å². The quantitative estimate of drug-likeness (QED) is 0.711. The van der Waals surface area contributed by atoms with Crippen molar-refractivity contribution >= 4 is 17.4 Å². The molecule has 0 N–H and O–H groups in total. The number of ketones is 1. The number of nitrogens with zero attached hydrogens (tertiary/aromatic N) is 1. The van der Waals surface area contributed by atoms with Crippen LogP contribution in [0.3, 0.4) is 0 Å². The Hall–Kier alpha value is -3.35. The fourth-order valence-electron chi connectivity index (χ4n) is 4.49. The van der Waals surface area contributed by atoms with Crippen molar-refractivity contribution in [2.24, 2.45) is 0 Å². The highest BCUT2D eigenvalue weighted by atomic mass is 19.1. The molecule has 0 saturated heterocycles. The van der Waals surface area contributed by atoms with E-state index in [-0.39, 0.29) is 23.8 Å². The molecule has 1 aliphatic heterocycles. The zero-order valence-electron chi connectivity index (χ0n) is 17.7. The second-order valence-electron chi connectivity index (χ2n) is 7.53.